The Bertz CT molecular complexity index is 324. The average Bonchev–Trinajstić information content (AvgIpc) is 2.16. The zero-order valence-corrected chi connectivity index (χ0v) is 9.17. The maximum absolute atomic E-state index is 11.2. The van der Waals surface area contributed by atoms with E-state index in [2.05, 4.69) is 33.1 Å². The summed E-state index contributed by atoms with van der Waals surface area (Å²) < 4.78 is 0.737. The van der Waals surface area contributed by atoms with Gasteiger partial charge in [0.1, 0.15) is 0 Å². The van der Waals surface area contributed by atoms with Gasteiger partial charge in [0.05, 0.1) is 6.54 Å². The first-order valence-electron chi connectivity index (χ1n) is 4.11. The van der Waals surface area contributed by atoms with Crippen LogP contribution >= 0.6 is 15.9 Å². The molecule has 74 valence electrons. The van der Waals surface area contributed by atoms with Gasteiger partial charge in [-0.05, 0) is 12.1 Å². The number of rotatable bonds is 3. The molecule has 0 aromatic heterocycles. The van der Waals surface area contributed by atoms with Crippen LogP contribution in [-0.4, -0.2) is 12.6 Å². The van der Waals surface area contributed by atoms with Crippen LogP contribution in [-0.2, 0) is 0 Å². The molecule has 0 aliphatic rings. The topological polar surface area (TPSA) is 41.1 Å². The van der Waals surface area contributed by atoms with Crippen LogP contribution in [0.5, 0.6) is 0 Å². The van der Waals surface area contributed by atoms with Gasteiger partial charge in [-0.15, -0.1) is 0 Å². The number of amides is 2. The number of carbonyl (C=O) groups excluding carboxylic acids is 1. The van der Waals surface area contributed by atoms with E-state index in [9.17, 15) is 4.79 Å². The highest BCUT2D eigenvalue weighted by Crippen LogP contribution is 2.04. The molecule has 0 saturated heterocycles. The molecule has 1 aromatic rings. The van der Waals surface area contributed by atoms with Crippen LogP contribution in [0.3, 0.4) is 0 Å². The van der Waals surface area contributed by atoms with Crippen molar-refractivity contribution < 1.29 is 4.79 Å². The Morgan fingerprint density at radius 2 is 2.00 bits per heavy atom. The molecule has 3 nitrogen and oxygen atoms in total. The van der Waals surface area contributed by atoms with Crippen LogP contribution in [0.25, 0.3) is 0 Å². The molecule has 1 aromatic carbocycles. The quantitative estimate of drug-likeness (QED) is 0.856. The summed E-state index contributed by atoms with van der Waals surface area (Å²) in [5.74, 6) is 0. The minimum atomic E-state index is -0.239. The summed E-state index contributed by atoms with van der Waals surface area (Å²) >= 11 is 3.15. The molecule has 14 heavy (non-hydrogen) atoms. The normalized spacial score (nSPS) is 9.21. The summed E-state index contributed by atoms with van der Waals surface area (Å²) in [7, 11) is 0. The summed E-state index contributed by atoms with van der Waals surface area (Å²) in [5.41, 5.74) is 0.769. The van der Waals surface area contributed by atoms with Crippen molar-refractivity contribution in [2.24, 2.45) is 0 Å². The van der Waals surface area contributed by atoms with Crippen LogP contribution in [0.1, 0.15) is 0 Å². The fourth-order valence-electron chi connectivity index (χ4n) is 0.873. The van der Waals surface area contributed by atoms with E-state index < -0.39 is 0 Å². The highest BCUT2D eigenvalue weighted by molar-refractivity contribution is 9.11. The third-order valence-corrected chi connectivity index (χ3v) is 1.75. The van der Waals surface area contributed by atoms with Gasteiger partial charge >= 0.3 is 6.03 Å². The molecule has 2 N–H and O–H groups in total. The third kappa shape index (κ3) is 4.09. The summed E-state index contributed by atoms with van der Waals surface area (Å²) in [6.07, 6.45) is 0. The van der Waals surface area contributed by atoms with Gasteiger partial charge in [0.25, 0.3) is 0 Å². The molecular weight excluding hydrogens is 244 g/mol. The van der Waals surface area contributed by atoms with Crippen LogP contribution < -0.4 is 10.6 Å². The second-order valence-corrected chi connectivity index (χ2v) is 3.81. The van der Waals surface area contributed by atoms with Gasteiger partial charge in [-0.3, -0.25) is 0 Å². The zero-order chi connectivity index (χ0) is 10.4. The fourth-order valence-corrected chi connectivity index (χ4v) is 1.01. The van der Waals surface area contributed by atoms with Crippen molar-refractivity contribution in [3.63, 3.8) is 0 Å². The second kappa shape index (κ2) is 5.44. The lowest BCUT2D eigenvalue weighted by molar-refractivity contribution is 0.253. The smallest absolute Gasteiger partial charge is 0.319 e. The van der Waals surface area contributed by atoms with Crippen LogP contribution in [0, 0.1) is 0 Å². The minimum Gasteiger partial charge on any atom is -0.333 e. The van der Waals surface area contributed by atoms with Crippen molar-refractivity contribution in [2.75, 3.05) is 11.9 Å². The Kier molecular flexibility index (Phi) is 4.19. The first-order valence-corrected chi connectivity index (χ1v) is 4.91. The molecule has 0 heterocycles. The van der Waals surface area contributed by atoms with Crippen molar-refractivity contribution in [3.05, 3.63) is 41.4 Å². The van der Waals surface area contributed by atoms with Crippen molar-refractivity contribution in [1.29, 1.82) is 0 Å². The predicted molar refractivity (Wildman–Crippen MR) is 61.5 cm³/mol. The van der Waals surface area contributed by atoms with Gasteiger partial charge < -0.3 is 10.6 Å². The van der Waals surface area contributed by atoms with E-state index in [0.717, 1.165) is 10.2 Å². The largest absolute Gasteiger partial charge is 0.333 e. The molecule has 2 amide bonds. The standard InChI is InChI=1S/C10H11BrN2O/c1-8(11)7-12-10(14)13-9-5-3-2-4-6-9/h2-6H,1,7H2,(H2,12,13,14). The SMILES string of the molecule is C=C(Br)CNC(=O)Nc1ccccc1. The molecule has 1 rings (SSSR count). The molecule has 0 aliphatic carbocycles. The van der Waals surface area contributed by atoms with Gasteiger partial charge in [0.15, 0.2) is 0 Å². The third-order valence-electron chi connectivity index (χ3n) is 1.47. The van der Waals surface area contributed by atoms with Gasteiger partial charge in [0.2, 0.25) is 0 Å². The Balaban J connectivity index is 2.38. The maximum Gasteiger partial charge on any atom is 0.319 e. The molecule has 0 atom stereocenters. The lowest BCUT2D eigenvalue weighted by Crippen LogP contribution is -2.29. The summed E-state index contributed by atoms with van der Waals surface area (Å²) in [4.78, 5) is 11.2. The van der Waals surface area contributed by atoms with E-state index in [-0.39, 0.29) is 6.03 Å². The lowest BCUT2D eigenvalue weighted by atomic mass is 10.3. The van der Waals surface area contributed by atoms with E-state index >= 15 is 0 Å². The Morgan fingerprint density at radius 1 is 1.36 bits per heavy atom. The van der Waals surface area contributed by atoms with Crippen LogP contribution in [0.2, 0.25) is 0 Å². The molecule has 0 fully saturated rings. The van der Waals surface area contributed by atoms with Gasteiger partial charge in [-0.25, -0.2) is 4.79 Å². The number of benzene rings is 1. The monoisotopic (exact) mass is 254 g/mol. The van der Waals surface area contributed by atoms with Crippen molar-refractivity contribution >= 4 is 27.6 Å². The van der Waals surface area contributed by atoms with Crippen LogP contribution in [0.4, 0.5) is 10.5 Å². The van der Waals surface area contributed by atoms with Gasteiger partial charge in [-0.2, -0.15) is 0 Å². The first kappa shape index (κ1) is 10.8. The molecule has 0 saturated carbocycles. The maximum atomic E-state index is 11.2. The number of halogens is 1. The molecule has 0 aliphatic heterocycles. The lowest BCUT2D eigenvalue weighted by Gasteiger charge is -2.06. The number of nitrogens with one attached hydrogen (secondary N) is 2. The molecule has 0 unspecified atom stereocenters. The number of hydrogen-bond acceptors (Lipinski definition) is 1. The van der Waals surface area contributed by atoms with E-state index in [1.165, 1.54) is 0 Å². The molecule has 4 heteroatoms. The highest BCUT2D eigenvalue weighted by atomic mass is 79.9. The summed E-state index contributed by atoms with van der Waals surface area (Å²) in [6, 6.07) is 9.02. The van der Waals surface area contributed by atoms with E-state index in [0.29, 0.717) is 6.54 Å². The first-order chi connectivity index (χ1) is 6.68. The van der Waals surface area contributed by atoms with E-state index in [1.54, 1.807) is 0 Å². The fraction of sp³-hybridized carbons (Fsp3) is 0.100. The average molecular weight is 255 g/mol. The number of para-hydroxylation sites is 1. The summed E-state index contributed by atoms with van der Waals surface area (Å²) in [5, 5.41) is 5.32. The zero-order valence-electron chi connectivity index (χ0n) is 7.59. The van der Waals surface area contributed by atoms with Crippen molar-refractivity contribution in [2.45, 2.75) is 0 Å². The number of hydrogen-bond donors (Lipinski definition) is 2. The number of anilines is 1. The Morgan fingerprint density at radius 3 is 2.57 bits per heavy atom. The molecule has 0 radical (unpaired) electrons. The van der Waals surface area contributed by atoms with Gasteiger partial charge in [0, 0.05) is 10.2 Å². The van der Waals surface area contributed by atoms with Crippen molar-refractivity contribution in [3.8, 4) is 0 Å². The molecular formula is C10H11BrN2O. The molecule has 0 bridgehead atoms. The van der Waals surface area contributed by atoms with Crippen LogP contribution in [0.15, 0.2) is 41.4 Å². The Labute approximate surface area is 91.3 Å². The second-order valence-electron chi connectivity index (χ2n) is 2.69. The predicted octanol–water partition coefficient (Wildman–Crippen LogP) is 2.72. The Hall–Kier alpha value is -1.29. The minimum absolute atomic E-state index is 0.239. The van der Waals surface area contributed by atoms with Gasteiger partial charge in [-0.1, -0.05) is 40.7 Å². The molecule has 0 spiro atoms. The highest BCUT2D eigenvalue weighted by Gasteiger charge is 1.99. The number of urea groups is 1. The number of carbonyl (C=O) groups is 1. The summed E-state index contributed by atoms with van der Waals surface area (Å²) in [6.45, 7) is 4.02. The van der Waals surface area contributed by atoms with E-state index in [1.807, 2.05) is 30.3 Å². The van der Waals surface area contributed by atoms with E-state index in [4.69, 9.17) is 0 Å². The van der Waals surface area contributed by atoms with Crippen molar-refractivity contribution in [1.82, 2.24) is 5.32 Å².